The van der Waals surface area contributed by atoms with Crippen LogP contribution in [0.1, 0.15) is 66.8 Å². The molecule has 2 heterocycles. The molecular formula is C26H29N3O5S. The predicted octanol–water partition coefficient (Wildman–Crippen LogP) is 5.92. The minimum atomic E-state index is -1.05. The zero-order chi connectivity index (χ0) is 25.1. The van der Waals surface area contributed by atoms with Crippen LogP contribution in [0.3, 0.4) is 0 Å². The van der Waals surface area contributed by atoms with Crippen LogP contribution in [-0.4, -0.2) is 33.9 Å². The summed E-state index contributed by atoms with van der Waals surface area (Å²) in [6.07, 6.45) is 6.43. The average Bonchev–Trinajstić information content (AvgIpc) is 3.51. The largest absolute Gasteiger partial charge is 0.477 e. The molecule has 1 saturated carbocycles. The van der Waals surface area contributed by atoms with Gasteiger partial charge in [0.15, 0.2) is 0 Å². The quantitative estimate of drug-likeness (QED) is 0.421. The number of hydrogen-bond donors (Lipinski definition) is 2. The van der Waals surface area contributed by atoms with Gasteiger partial charge in [0.2, 0.25) is 5.91 Å². The van der Waals surface area contributed by atoms with Gasteiger partial charge in [-0.3, -0.25) is 9.59 Å². The molecule has 35 heavy (non-hydrogen) atoms. The fourth-order valence-corrected chi connectivity index (χ4v) is 5.44. The molecule has 0 atom stereocenters. The summed E-state index contributed by atoms with van der Waals surface area (Å²) in [4.78, 5) is 44.1. The van der Waals surface area contributed by atoms with Crippen molar-refractivity contribution in [3.8, 4) is 10.4 Å². The molecule has 1 fully saturated rings. The van der Waals surface area contributed by atoms with Crippen molar-refractivity contribution in [3.05, 3.63) is 53.6 Å². The Labute approximate surface area is 208 Å². The van der Waals surface area contributed by atoms with Crippen LogP contribution in [-0.2, 0) is 4.79 Å². The van der Waals surface area contributed by atoms with Crippen molar-refractivity contribution < 1.29 is 23.9 Å². The van der Waals surface area contributed by atoms with Gasteiger partial charge in [0, 0.05) is 22.5 Å². The van der Waals surface area contributed by atoms with E-state index in [1.165, 1.54) is 12.5 Å². The van der Waals surface area contributed by atoms with Gasteiger partial charge >= 0.3 is 11.9 Å². The van der Waals surface area contributed by atoms with Crippen molar-refractivity contribution in [1.82, 2.24) is 4.98 Å². The summed E-state index contributed by atoms with van der Waals surface area (Å²) in [6.45, 7) is 6.04. The number of amides is 2. The number of thiophene rings is 1. The van der Waals surface area contributed by atoms with Gasteiger partial charge in [0.1, 0.15) is 11.1 Å². The van der Waals surface area contributed by atoms with Crippen LogP contribution in [0, 0.1) is 11.8 Å². The number of aromatic carboxylic acids is 1. The van der Waals surface area contributed by atoms with E-state index in [1.54, 1.807) is 35.2 Å². The van der Waals surface area contributed by atoms with Gasteiger partial charge in [-0.1, -0.05) is 19.1 Å². The molecule has 4 rings (SSSR count). The van der Waals surface area contributed by atoms with E-state index in [0.717, 1.165) is 47.5 Å². The Morgan fingerprint density at radius 3 is 2.40 bits per heavy atom. The van der Waals surface area contributed by atoms with Crippen molar-refractivity contribution >= 4 is 40.5 Å². The van der Waals surface area contributed by atoms with Gasteiger partial charge in [-0.15, -0.1) is 11.3 Å². The second-order valence-electron chi connectivity index (χ2n) is 9.26. The van der Waals surface area contributed by atoms with E-state index in [1.807, 2.05) is 13.8 Å². The summed E-state index contributed by atoms with van der Waals surface area (Å²) in [6, 6.07) is 8.68. The third-order valence-corrected chi connectivity index (χ3v) is 7.50. The standard InChI is InChI=1S/C26H29N3O5S/c1-15(2)29(25(31)18-6-4-16(3)5-7-18)20-14-21(35-22(20)26(32)33)17-8-10-19(11-9-17)28-23(30)24-27-12-13-34-24/h8-16,18H,4-7H2,1-3H3,(H,28,30)(H,32,33)/t16-,18-. The first-order valence-corrected chi connectivity index (χ1v) is 12.6. The number of aromatic nitrogens is 1. The number of rotatable bonds is 7. The highest BCUT2D eigenvalue weighted by atomic mass is 32.1. The summed E-state index contributed by atoms with van der Waals surface area (Å²) in [5.74, 6) is -1.00. The van der Waals surface area contributed by atoms with Crippen molar-refractivity contribution in [1.29, 1.82) is 0 Å². The first-order valence-electron chi connectivity index (χ1n) is 11.8. The van der Waals surface area contributed by atoms with Crippen LogP contribution in [0.15, 0.2) is 47.2 Å². The highest BCUT2D eigenvalue weighted by Gasteiger charge is 2.33. The lowest BCUT2D eigenvalue weighted by Gasteiger charge is -2.33. The molecule has 0 unspecified atom stereocenters. The number of carboxylic acids is 1. The predicted molar refractivity (Wildman–Crippen MR) is 135 cm³/mol. The second kappa shape index (κ2) is 10.4. The van der Waals surface area contributed by atoms with Crippen molar-refractivity contribution in [3.63, 3.8) is 0 Å². The van der Waals surface area contributed by atoms with E-state index in [-0.39, 0.29) is 28.6 Å². The number of hydrogen-bond acceptors (Lipinski definition) is 6. The second-order valence-corrected chi connectivity index (χ2v) is 10.3. The van der Waals surface area contributed by atoms with Crippen molar-refractivity contribution in [2.45, 2.75) is 52.5 Å². The lowest BCUT2D eigenvalue weighted by Crippen LogP contribution is -2.42. The number of carbonyl (C=O) groups is 3. The Balaban J connectivity index is 1.59. The lowest BCUT2D eigenvalue weighted by molar-refractivity contribution is -0.123. The molecule has 0 spiro atoms. The molecule has 0 aliphatic heterocycles. The van der Waals surface area contributed by atoms with Gasteiger partial charge in [0.25, 0.3) is 5.89 Å². The summed E-state index contributed by atoms with van der Waals surface area (Å²) >= 11 is 1.14. The van der Waals surface area contributed by atoms with Gasteiger partial charge in [0.05, 0.1) is 11.9 Å². The van der Waals surface area contributed by atoms with E-state index in [9.17, 15) is 19.5 Å². The fraction of sp³-hybridized carbons (Fsp3) is 0.385. The maximum Gasteiger partial charge on any atom is 0.348 e. The van der Waals surface area contributed by atoms with E-state index >= 15 is 0 Å². The molecule has 0 saturated heterocycles. The fourth-order valence-electron chi connectivity index (χ4n) is 4.45. The monoisotopic (exact) mass is 495 g/mol. The number of nitrogens with one attached hydrogen (secondary N) is 1. The van der Waals surface area contributed by atoms with E-state index < -0.39 is 11.9 Å². The highest BCUT2D eigenvalue weighted by molar-refractivity contribution is 7.18. The molecule has 1 aliphatic rings. The lowest BCUT2D eigenvalue weighted by atomic mass is 9.82. The van der Waals surface area contributed by atoms with Crippen molar-refractivity contribution in [2.75, 3.05) is 10.2 Å². The third kappa shape index (κ3) is 5.45. The number of carbonyl (C=O) groups excluding carboxylic acids is 2. The maximum atomic E-state index is 13.5. The minimum absolute atomic E-state index is 0.00310. The third-order valence-electron chi connectivity index (χ3n) is 6.34. The number of benzene rings is 1. The van der Waals surface area contributed by atoms with Gasteiger partial charge in [-0.2, -0.15) is 0 Å². The Kier molecular flexibility index (Phi) is 7.35. The van der Waals surface area contributed by atoms with Crippen LogP contribution in [0.2, 0.25) is 0 Å². The Bertz CT molecular complexity index is 1190. The van der Waals surface area contributed by atoms with E-state index in [2.05, 4.69) is 17.2 Å². The van der Waals surface area contributed by atoms with Crippen LogP contribution in [0.25, 0.3) is 10.4 Å². The average molecular weight is 496 g/mol. The number of oxazole rings is 1. The molecule has 3 aromatic rings. The Morgan fingerprint density at radius 2 is 1.83 bits per heavy atom. The van der Waals surface area contributed by atoms with Gasteiger partial charge in [-0.25, -0.2) is 9.78 Å². The molecule has 9 heteroatoms. The smallest absolute Gasteiger partial charge is 0.348 e. The van der Waals surface area contributed by atoms with Crippen LogP contribution >= 0.6 is 11.3 Å². The minimum Gasteiger partial charge on any atom is -0.477 e. The number of carboxylic acid groups (broad SMARTS) is 1. The topological polar surface area (TPSA) is 113 Å². The first kappa shape index (κ1) is 24.7. The summed E-state index contributed by atoms with van der Waals surface area (Å²) < 4.78 is 5.00. The maximum absolute atomic E-state index is 13.5. The molecular weight excluding hydrogens is 466 g/mol. The molecule has 2 amide bonds. The van der Waals surface area contributed by atoms with Crippen molar-refractivity contribution in [2.24, 2.45) is 11.8 Å². The van der Waals surface area contributed by atoms with Crippen LogP contribution < -0.4 is 10.2 Å². The summed E-state index contributed by atoms with van der Waals surface area (Å²) in [7, 11) is 0. The SMILES string of the molecule is CC(C)N(c1cc(-c2ccc(NC(=O)c3ncco3)cc2)sc1C(=O)O)C(=O)[C@H]1CC[C@H](C)CC1. The summed E-state index contributed by atoms with van der Waals surface area (Å²) in [5.41, 5.74) is 1.79. The zero-order valence-corrected chi connectivity index (χ0v) is 20.8. The molecule has 2 N–H and O–H groups in total. The first-order chi connectivity index (χ1) is 16.7. The van der Waals surface area contributed by atoms with Gasteiger partial charge in [-0.05, 0) is 69.2 Å². The molecule has 184 valence electrons. The molecule has 0 bridgehead atoms. The van der Waals surface area contributed by atoms with Gasteiger partial charge < -0.3 is 19.7 Å². The van der Waals surface area contributed by atoms with E-state index in [4.69, 9.17) is 4.42 Å². The number of nitrogens with zero attached hydrogens (tertiary/aromatic N) is 2. The molecule has 1 aliphatic carbocycles. The number of anilines is 2. The molecule has 2 aromatic heterocycles. The molecule has 0 radical (unpaired) electrons. The Hall–Kier alpha value is -3.46. The summed E-state index contributed by atoms with van der Waals surface area (Å²) in [5, 5.41) is 12.6. The Morgan fingerprint density at radius 1 is 1.14 bits per heavy atom. The van der Waals surface area contributed by atoms with E-state index in [0.29, 0.717) is 17.3 Å². The molecule has 8 nitrogen and oxygen atoms in total. The molecule has 1 aromatic carbocycles. The van der Waals surface area contributed by atoms with Crippen LogP contribution in [0.5, 0.6) is 0 Å². The van der Waals surface area contributed by atoms with Crippen LogP contribution in [0.4, 0.5) is 11.4 Å². The zero-order valence-electron chi connectivity index (χ0n) is 20.0. The normalized spacial score (nSPS) is 17.8. The highest BCUT2D eigenvalue weighted by Crippen LogP contribution is 2.40.